The zero-order valence-electron chi connectivity index (χ0n) is 17.5. The summed E-state index contributed by atoms with van der Waals surface area (Å²) in [5.41, 5.74) is 2.78. The lowest BCUT2D eigenvalue weighted by Crippen LogP contribution is -2.42. The van der Waals surface area contributed by atoms with Crippen molar-refractivity contribution in [2.45, 2.75) is 25.4 Å². The molecule has 0 amide bonds. The molecule has 1 aliphatic heterocycles. The van der Waals surface area contributed by atoms with Gasteiger partial charge in [-0.2, -0.15) is 5.10 Å². The smallest absolute Gasteiger partial charge is 0.159 e. The minimum Gasteiger partial charge on any atom is -0.354 e. The SMILES string of the molecule is Cn1nccc1-c1nnc(N2CCC(NCc3cccc(F)c3)CC2)c2ccccc12. The Morgan fingerprint density at radius 1 is 1.00 bits per heavy atom. The number of aromatic nitrogens is 4. The predicted octanol–water partition coefficient (Wildman–Crippen LogP) is 3.93. The average Bonchev–Trinajstić information content (AvgIpc) is 3.23. The summed E-state index contributed by atoms with van der Waals surface area (Å²) in [4.78, 5) is 2.32. The molecule has 31 heavy (non-hydrogen) atoms. The highest BCUT2D eigenvalue weighted by Gasteiger charge is 2.23. The van der Waals surface area contributed by atoms with Gasteiger partial charge in [0.05, 0.1) is 5.69 Å². The third-order valence-corrected chi connectivity index (χ3v) is 6.01. The van der Waals surface area contributed by atoms with E-state index in [1.807, 2.05) is 36.0 Å². The van der Waals surface area contributed by atoms with Gasteiger partial charge in [0.2, 0.25) is 0 Å². The van der Waals surface area contributed by atoms with Crippen molar-refractivity contribution in [1.82, 2.24) is 25.3 Å². The van der Waals surface area contributed by atoms with Gasteiger partial charge in [-0.3, -0.25) is 4.68 Å². The molecule has 1 saturated heterocycles. The molecule has 4 aromatic rings. The van der Waals surface area contributed by atoms with Gasteiger partial charge in [-0.15, -0.1) is 10.2 Å². The van der Waals surface area contributed by atoms with Crippen LogP contribution in [0.15, 0.2) is 60.8 Å². The van der Waals surface area contributed by atoms with Gasteiger partial charge in [0.1, 0.15) is 11.5 Å². The summed E-state index contributed by atoms with van der Waals surface area (Å²) in [5, 5.41) is 19.3. The highest BCUT2D eigenvalue weighted by Crippen LogP contribution is 2.32. The zero-order valence-corrected chi connectivity index (χ0v) is 17.5. The lowest BCUT2D eigenvalue weighted by atomic mass is 10.0. The number of hydrogen-bond donors (Lipinski definition) is 1. The van der Waals surface area contributed by atoms with E-state index >= 15 is 0 Å². The van der Waals surface area contributed by atoms with Crippen LogP contribution in [0.4, 0.5) is 10.2 Å². The largest absolute Gasteiger partial charge is 0.354 e. The molecule has 0 spiro atoms. The van der Waals surface area contributed by atoms with Crippen molar-refractivity contribution >= 4 is 16.6 Å². The quantitative estimate of drug-likeness (QED) is 0.534. The summed E-state index contributed by atoms with van der Waals surface area (Å²) in [6, 6.07) is 17.5. The van der Waals surface area contributed by atoms with Crippen LogP contribution in [0.3, 0.4) is 0 Å². The fraction of sp³-hybridized carbons (Fsp3) is 0.292. The number of nitrogens with one attached hydrogen (secondary N) is 1. The Balaban J connectivity index is 1.32. The van der Waals surface area contributed by atoms with Crippen LogP contribution in [0.25, 0.3) is 22.2 Å². The second-order valence-electron chi connectivity index (χ2n) is 8.03. The molecule has 0 atom stereocenters. The Hall–Kier alpha value is -3.32. The standard InChI is InChI=1S/C24H25FN6/c1-30-22(9-12-27-30)23-20-7-2-3-8-21(20)24(29-28-23)31-13-10-19(11-14-31)26-16-17-5-4-6-18(25)15-17/h2-9,12,15,19,26H,10-11,13-14,16H2,1H3. The van der Waals surface area contributed by atoms with Gasteiger partial charge in [-0.05, 0) is 36.6 Å². The van der Waals surface area contributed by atoms with E-state index in [4.69, 9.17) is 0 Å². The van der Waals surface area contributed by atoms with Crippen molar-refractivity contribution in [3.8, 4) is 11.4 Å². The fourth-order valence-electron chi connectivity index (χ4n) is 4.32. The highest BCUT2D eigenvalue weighted by atomic mass is 19.1. The molecular formula is C24H25FN6. The molecular weight excluding hydrogens is 391 g/mol. The van der Waals surface area contributed by atoms with E-state index in [0.717, 1.165) is 59.5 Å². The molecule has 2 aromatic carbocycles. The van der Waals surface area contributed by atoms with Crippen molar-refractivity contribution in [2.75, 3.05) is 18.0 Å². The highest BCUT2D eigenvalue weighted by molar-refractivity contribution is 5.99. The van der Waals surface area contributed by atoms with Crippen LogP contribution in [-0.4, -0.2) is 39.1 Å². The molecule has 0 aliphatic carbocycles. The first kappa shape index (κ1) is 19.6. The summed E-state index contributed by atoms with van der Waals surface area (Å²) in [6.45, 7) is 2.50. The van der Waals surface area contributed by atoms with Crippen molar-refractivity contribution < 1.29 is 4.39 Å². The van der Waals surface area contributed by atoms with Crippen LogP contribution in [0.1, 0.15) is 18.4 Å². The molecule has 5 rings (SSSR count). The number of benzene rings is 2. The van der Waals surface area contributed by atoms with Gasteiger partial charge < -0.3 is 10.2 Å². The molecule has 158 valence electrons. The summed E-state index contributed by atoms with van der Waals surface area (Å²) >= 11 is 0. The van der Waals surface area contributed by atoms with Crippen LogP contribution >= 0.6 is 0 Å². The molecule has 1 aliphatic rings. The van der Waals surface area contributed by atoms with Crippen molar-refractivity contribution in [1.29, 1.82) is 0 Å². The van der Waals surface area contributed by atoms with Gasteiger partial charge in [0.15, 0.2) is 5.82 Å². The Labute approximate surface area is 180 Å². The molecule has 3 heterocycles. The topological polar surface area (TPSA) is 58.9 Å². The molecule has 0 unspecified atom stereocenters. The molecule has 0 radical (unpaired) electrons. The molecule has 2 aromatic heterocycles. The van der Waals surface area contributed by atoms with Crippen LogP contribution in [-0.2, 0) is 13.6 Å². The number of nitrogens with zero attached hydrogens (tertiary/aromatic N) is 5. The van der Waals surface area contributed by atoms with E-state index in [-0.39, 0.29) is 5.82 Å². The van der Waals surface area contributed by atoms with Gasteiger partial charge in [0.25, 0.3) is 0 Å². The second-order valence-corrected chi connectivity index (χ2v) is 8.03. The summed E-state index contributed by atoms with van der Waals surface area (Å²) < 4.78 is 15.2. The fourth-order valence-corrected chi connectivity index (χ4v) is 4.32. The number of halogens is 1. The minimum absolute atomic E-state index is 0.186. The molecule has 1 fully saturated rings. The number of hydrogen-bond acceptors (Lipinski definition) is 5. The van der Waals surface area contributed by atoms with Crippen molar-refractivity contribution in [2.24, 2.45) is 7.05 Å². The predicted molar refractivity (Wildman–Crippen MR) is 120 cm³/mol. The lowest BCUT2D eigenvalue weighted by molar-refractivity contribution is 0.412. The average molecular weight is 417 g/mol. The maximum Gasteiger partial charge on any atom is 0.159 e. The number of fused-ring (bicyclic) bond motifs is 1. The van der Waals surface area contributed by atoms with Crippen LogP contribution < -0.4 is 10.2 Å². The molecule has 7 heteroatoms. The third-order valence-electron chi connectivity index (χ3n) is 6.01. The van der Waals surface area contributed by atoms with Crippen molar-refractivity contribution in [3.05, 3.63) is 72.2 Å². The minimum atomic E-state index is -0.186. The zero-order chi connectivity index (χ0) is 21.2. The van der Waals surface area contributed by atoms with Crippen LogP contribution in [0, 0.1) is 5.82 Å². The van der Waals surface area contributed by atoms with Gasteiger partial charge >= 0.3 is 0 Å². The van der Waals surface area contributed by atoms with E-state index in [2.05, 4.69) is 37.6 Å². The molecule has 0 saturated carbocycles. The van der Waals surface area contributed by atoms with E-state index in [9.17, 15) is 4.39 Å². The second kappa shape index (κ2) is 8.43. The number of aryl methyl sites for hydroxylation is 1. The Bertz CT molecular complexity index is 1200. The van der Waals surface area contributed by atoms with E-state index in [1.165, 1.54) is 6.07 Å². The Kier molecular flexibility index (Phi) is 5.34. The van der Waals surface area contributed by atoms with Crippen LogP contribution in [0.5, 0.6) is 0 Å². The van der Waals surface area contributed by atoms with Gasteiger partial charge in [-0.1, -0.05) is 36.4 Å². The summed E-state index contributed by atoms with van der Waals surface area (Å²) in [6.07, 6.45) is 3.80. The third kappa shape index (κ3) is 4.01. The molecule has 6 nitrogen and oxygen atoms in total. The monoisotopic (exact) mass is 416 g/mol. The van der Waals surface area contributed by atoms with Gasteiger partial charge in [-0.25, -0.2) is 4.39 Å². The number of piperidine rings is 1. The Morgan fingerprint density at radius 2 is 1.81 bits per heavy atom. The normalized spacial score (nSPS) is 15.0. The number of anilines is 1. The summed E-state index contributed by atoms with van der Waals surface area (Å²) in [7, 11) is 1.92. The van der Waals surface area contributed by atoms with Crippen molar-refractivity contribution in [3.63, 3.8) is 0 Å². The number of rotatable bonds is 5. The maximum absolute atomic E-state index is 13.4. The lowest BCUT2D eigenvalue weighted by Gasteiger charge is -2.33. The molecule has 1 N–H and O–H groups in total. The van der Waals surface area contributed by atoms with E-state index in [1.54, 1.807) is 18.3 Å². The first-order chi connectivity index (χ1) is 15.2. The first-order valence-corrected chi connectivity index (χ1v) is 10.7. The first-order valence-electron chi connectivity index (χ1n) is 10.7. The molecule has 0 bridgehead atoms. The van der Waals surface area contributed by atoms with Crippen LogP contribution in [0.2, 0.25) is 0 Å². The Morgan fingerprint density at radius 3 is 2.55 bits per heavy atom. The van der Waals surface area contributed by atoms with E-state index < -0.39 is 0 Å². The summed E-state index contributed by atoms with van der Waals surface area (Å²) in [5.74, 6) is 0.749. The van der Waals surface area contributed by atoms with Gasteiger partial charge in [0, 0.05) is 49.7 Å². The van der Waals surface area contributed by atoms with E-state index in [0.29, 0.717) is 12.6 Å². The maximum atomic E-state index is 13.4.